The number of halogens is 1. The van der Waals surface area contributed by atoms with Crippen LogP contribution in [0.2, 0.25) is 0 Å². The van der Waals surface area contributed by atoms with Gasteiger partial charge in [-0.1, -0.05) is 0 Å². The van der Waals surface area contributed by atoms with Gasteiger partial charge in [-0.15, -0.1) is 24.0 Å². The minimum absolute atomic E-state index is 0. The Labute approximate surface area is 185 Å². The third-order valence-corrected chi connectivity index (χ3v) is 5.25. The molecule has 2 fully saturated rings. The fraction of sp³-hybridized carbons (Fsp3) is 0.789. The number of morpholine rings is 1. The summed E-state index contributed by atoms with van der Waals surface area (Å²) in [7, 11) is 6.12. The monoisotopic (exact) mass is 506 g/mol. The van der Waals surface area contributed by atoms with Crippen LogP contribution in [0.5, 0.6) is 0 Å². The number of nitrogens with zero attached hydrogens (tertiary/aromatic N) is 5. The van der Waals surface area contributed by atoms with Crippen molar-refractivity contribution < 1.29 is 9.47 Å². The highest BCUT2D eigenvalue weighted by Crippen LogP contribution is 2.22. The molecule has 28 heavy (non-hydrogen) atoms. The van der Waals surface area contributed by atoms with E-state index in [2.05, 4.69) is 47.4 Å². The molecule has 160 valence electrons. The highest BCUT2D eigenvalue weighted by atomic mass is 127. The first-order valence-electron chi connectivity index (χ1n) is 10.00. The second-order valence-corrected chi connectivity index (χ2v) is 7.53. The number of nitrogens with one attached hydrogen (secondary N) is 1. The molecule has 0 aromatic carbocycles. The van der Waals surface area contributed by atoms with Crippen LogP contribution in [-0.4, -0.2) is 91.2 Å². The SMILES string of the molecule is CCNC(=NCC(c1cnn(C)c1)N(C)C)N1CCOC(C2CCCO2)C1.I. The number of hydrogen-bond donors (Lipinski definition) is 1. The number of ether oxygens (including phenoxy) is 2. The number of rotatable bonds is 6. The molecule has 3 heterocycles. The van der Waals surface area contributed by atoms with Crippen molar-refractivity contribution in [2.45, 2.75) is 38.0 Å². The first kappa shape index (κ1) is 23.4. The second-order valence-electron chi connectivity index (χ2n) is 7.53. The van der Waals surface area contributed by atoms with Crippen molar-refractivity contribution in [2.24, 2.45) is 12.0 Å². The molecule has 0 bridgehead atoms. The maximum absolute atomic E-state index is 5.99. The Balaban J connectivity index is 0.00000280. The van der Waals surface area contributed by atoms with Crippen molar-refractivity contribution >= 4 is 29.9 Å². The summed E-state index contributed by atoms with van der Waals surface area (Å²) in [6.45, 7) is 6.90. The molecule has 1 aromatic rings. The Morgan fingerprint density at radius 3 is 2.75 bits per heavy atom. The number of aliphatic imine (C=N–C) groups is 1. The highest BCUT2D eigenvalue weighted by Gasteiger charge is 2.32. The van der Waals surface area contributed by atoms with E-state index in [1.807, 2.05) is 17.9 Å². The maximum Gasteiger partial charge on any atom is 0.194 e. The molecule has 0 radical (unpaired) electrons. The molecule has 0 spiro atoms. The van der Waals surface area contributed by atoms with E-state index in [1.165, 1.54) is 5.56 Å². The Bertz CT molecular complexity index is 617. The third-order valence-electron chi connectivity index (χ3n) is 5.25. The summed E-state index contributed by atoms with van der Waals surface area (Å²) in [5.74, 6) is 0.958. The molecule has 0 amide bonds. The summed E-state index contributed by atoms with van der Waals surface area (Å²) in [5.41, 5.74) is 1.18. The summed E-state index contributed by atoms with van der Waals surface area (Å²) in [6.07, 6.45) is 6.57. The molecular formula is C19H35IN6O2. The van der Waals surface area contributed by atoms with E-state index in [1.54, 1.807) is 0 Å². The summed E-state index contributed by atoms with van der Waals surface area (Å²) in [5, 5.41) is 7.77. The largest absolute Gasteiger partial charge is 0.375 e. The van der Waals surface area contributed by atoms with Gasteiger partial charge in [0.2, 0.25) is 0 Å². The van der Waals surface area contributed by atoms with Crippen LogP contribution in [0.1, 0.15) is 31.4 Å². The predicted molar refractivity (Wildman–Crippen MR) is 121 cm³/mol. The van der Waals surface area contributed by atoms with E-state index in [9.17, 15) is 0 Å². The highest BCUT2D eigenvalue weighted by molar-refractivity contribution is 14.0. The number of guanidine groups is 1. The lowest BCUT2D eigenvalue weighted by molar-refractivity contribution is -0.0817. The first-order chi connectivity index (χ1) is 13.1. The molecule has 3 atom stereocenters. The molecule has 2 aliphatic heterocycles. The van der Waals surface area contributed by atoms with Gasteiger partial charge in [0.15, 0.2) is 5.96 Å². The van der Waals surface area contributed by atoms with Gasteiger partial charge in [0, 0.05) is 45.0 Å². The molecule has 0 saturated carbocycles. The van der Waals surface area contributed by atoms with Gasteiger partial charge < -0.3 is 24.6 Å². The topological polar surface area (TPSA) is 67.2 Å². The van der Waals surface area contributed by atoms with Gasteiger partial charge in [0.05, 0.1) is 31.5 Å². The predicted octanol–water partition coefficient (Wildman–Crippen LogP) is 1.49. The van der Waals surface area contributed by atoms with E-state index >= 15 is 0 Å². The van der Waals surface area contributed by atoms with Crippen LogP contribution in [0.3, 0.4) is 0 Å². The number of likely N-dealkylation sites (N-methyl/N-ethyl adjacent to an activating group) is 1. The van der Waals surface area contributed by atoms with Gasteiger partial charge in [0.25, 0.3) is 0 Å². The lowest BCUT2D eigenvalue weighted by Crippen LogP contribution is -2.53. The zero-order chi connectivity index (χ0) is 19.2. The lowest BCUT2D eigenvalue weighted by atomic mass is 10.1. The fourth-order valence-corrected chi connectivity index (χ4v) is 3.77. The number of aryl methyl sites for hydroxylation is 1. The van der Waals surface area contributed by atoms with E-state index in [-0.39, 0.29) is 42.2 Å². The Hall–Kier alpha value is -0.910. The van der Waals surface area contributed by atoms with E-state index < -0.39 is 0 Å². The van der Waals surface area contributed by atoms with Crippen LogP contribution in [-0.2, 0) is 16.5 Å². The van der Waals surface area contributed by atoms with Gasteiger partial charge in [-0.05, 0) is 33.9 Å². The first-order valence-corrected chi connectivity index (χ1v) is 10.00. The summed E-state index contributed by atoms with van der Waals surface area (Å²) in [4.78, 5) is 9.47. The second kappa shape index (κ2) is 11.3. The van der Waals surface area contributed by atoms with Crippen LogP contribution in [0.4, 0.5) is 0 Å². The number of hydrogen-bond acceptors (Lipinski definition) is 5. The van der Waals surface area contributed by atoms with Gasteiger partial charge in [0.1, 0.15) is 6.10 Å². The van der Waals surface area contributed by atoms with Crippen molar-refractivity contribution in [2.75, 3.05) is 53.5 Å². The zero-order valence-corrected chi connectivity index (χ0v) is 19.8. The Morgan fingerprint density at radius 1 is 1.36 bits per heavy atom. The third kappa shape index (κ3) is 6.04. The van der Waals surface area contributed by atoms with Crippen LogP contribution >= 0.6 is 24.0 Å². The Kier molecular flexibility index (Phi) is 9.45. The van der Waals surface area contributed by atoms with Crippen LogP contribution in [0.25, 0.3) is 0 Å². The minimum Gasteiger partial charge on any atom is -0.375 e. The van der Waals surface area contributed by atoms with Gasteiger partial charge in [-0.2, -0.15) is 5.10 Å². The molecular weight excluding hydrogens is 471 g/mol. The molecule has 2 aliphatic rings. The number of aromatic nitrogens is 2. The molecule has 0 aliphatic carbocycles. The van der Waals surface area contributed by atoms with Gasteiger partial charge >= 0.3 is 0 Å². The minimum atomic E-state index is 0. The smallest absolute Gasteiger partial charge is 0.194 e. The lowest BCUT2D eigenvalue weighted by Gasteiger charge is -2.37. The average Bonchev–Trinajstić information content (AvgIpc) is 3.33. The van der Waals surface area contributed by atoms with Crippen molar-refractivity contribution in [3.63, 3.8) is 0 Å². The molecule has 9 heteroatoms. The quantitative estimate of drug-likeness (QED) is 0.359. The average molecular weight is 506 g/mol. The van der Waals surface area contributed by atoms with E-state index in [4.69, 9.17) is 14.5 Å². The van der Waals surface area contributed by atoms with Crippen molar-refractivity contribution in [3.05, 3.63) is 18.0 Å². The molecule has 3 rings (SSSR count). The van der Waals surface area contributed by atoms with E-state index in [0.29, 0.717) is 13.2 Å². The van der Waals surface area contributed by atoms with Crippen LogP contribution < -0.4 is 5.32 Å². The van der Waals surface area contributed by atoms with Crippen molar-refractivity contribution in [3.8, 4) is 0 Å². The van der Waals surface area contributed by atoms with Crippen molar-refractivity contribution in [1.82, 2.24) is 24.9 Å². The zero-order valence-electron chi connectivity index (χ0n) is 17.5. The normalized spacial score (nSPS) is 24.3. The maximum atomic E-state index is 5.99. The Morgan fingerprint density at radius 2 is 2.14 bits per heavy atom. The molecule has 8 nitrogen and oxygen atoms in total. The van der Waals surface area contributed by atoms with Crippen molar-refractivity contribution in [1.29, 1.82) is 0 Å². The summed E-state index contributed by atoms with van der Waals surface area (Å²) in [6, 6.07) is 0.197. The van der Waals surface area contributed by atoms with Crippen LogP contribution in [0.15, 0.2) is 17.4 Å². The molecule has 1 aromatic heterocycles. The summed E-state index contributed by atoms with van der Waals surface area (Å²) >= 11 is 0. The molecule has 1 N–H and O–H groups in total. The molecule has 3 unspecified atom stereocenters. The van der Waals surface area contributed by atoms with Gasteiger partial charge in [-0.3, -0.25) is 9.67 Å². The fourth-order valence-electron chi connectivity index (χ4n) is 3.77. The van der Waals surface area contributed by atoms with Gasteiger partial charge in [-0.25, -0.2) is 0 Å². The summed E-state index contributed by atoms with van der Waals surface area (Å²) < 4.78 is 13.7. The standard InChI is InChI=1S/C19H34N6O2.HI/c1-5-20-19(21-12-16(23(2)3)15-11-22-24(4)13-15)25-8-10-27-18(14-25)17-7-6-9-26-17;/h11,13,16-18H,5-10,12,14H2,1-4H3,(H,20,21);1H. The molecule has 2 saturated heterocycles. The van der Waals surface area contributed by atoms with E-state index in [0.717, 1.165) is 45.0 Å². The van der Waals surface area contributed by atoms with Crippen LogP contribution in [0, 0.1) is 0 Å².